The summed E-state index contributed by atoms with van der Waals surface area (Å²) in [5, 5.41) is 4.64. The topological polar surface area (TPSA) is 46.4 Å². The van der Waals surface area contributed by atoms with Gasteiger partial charge >= 0.3 is 0 Å². The smallest absolute Gasteiger partial charge is 0.271 e. The first-order valence-corrected chi connectivity index (χ1v) is 9.93. The number of benzene rings is 2. The van der Waals surface area contributed by atoms with Gasteiger partial charge in [0.15, 0.2) is 0 Å². The zero-order chi connectivity index (χ0) is 21.2. The molecule has 2 aromatic carbocycles. The second-order valence-corrected chi connectivity index (χ2v) is 8.60. The lowest BCUT2D eigenvalue weighted by Crippen LogP contribution is -2.17. The third-order valence-corrected chi connectivity index (χ3v) is 5.15. The van der Waals surface area contributed by atoms with Crippen molar-refractivity contribution < 1.29 is 4.79 Å². The average molecular weight is 408 g/mol. The number of hydrogen-bond acceptors (Lipinski definition) is 2. The van der Waals surface area contributed by atoms with E-state index in [0.717, 1.165) is 22.6 Å². The molecule has 29 heavy (non-hydrogen) atoms. The standard InChI is InChI=1S/C24H26ClN3O/c1-16-13-19(15-26-27-23(29)18-7-6-8-21(25)14-18)17(2)28(16)22-11-9-20(10-12-22)24(3,4)5/h6-15H,1-5H3,(H,27,29)/b26-15-. The van der Waals surface area contributed by atoms with Gasteiger partial charge in [-0.05, 0) is 61.2 Å². The lowest BCUT2D eigenvalue weighted by molar-refractivity contribution is 0.0955. The lowest BCUT2D eigenvalue weighted by atomic mass is 9.87. The summed E-state index contributed by atoms with van der Waals surface area (Å²) in [6.07, 6.45) is 1.67. The summed E-state index contributed by atoms with van der Waals surface area (Å²) >= 11 is 5.93. The molecule has 1 aromatic heterocycles. The zero-order valence-corrected chi connectivity index (χ0v) is 18.2. The van der Waals surface area contributed by atoms with E-state index in [4.69, 9.17) is 11.6 Å². The average Bonchev–Trinajstić information content (AvgIpc) is 2.94. The number of hydrogen-bond donors (Lipinski definition) is 1. The molecule has 4 nitrogen and oxygen atoms in total. The molecule has 0 bridgehead atoms. The van der Waals surface area contributed by atoms with Gasteiger partial charge in [0.25, 0.3) is 5.91 Å². The first-order chi connectivity index (χ1) is 13.7. The molecular formula is C24H26ClN3O. The summed E-state index contributed by atoms with van der Waals surface area (Å²) in [4.78, 5) is 12.2. The highest BCUT2D eigenvalue weighted by molar-refractivity contribution is 6.30. The molecule has 0 saturated carbocycles. The Hall–Kier alpha value is -2.85. The van der Waals surface area contributed by atoms with E-state index in [1.54, 1.807) is 30.5 Å². The molecule has 0 unspecified atom stereocenters. The van der Waals surface area contributed by atoms with Crippen molar-refractivity contribution in [2.45, 2.75) is 40.0 Å². The molecule has 0 fully saturated rings. The quantitative estimate of drug-likeness (QED) is 0.430. The third-order valence-electron chi connectivity index (χ3n) is 4.92. The summed E-state index contributed by atoms with van der Waals surface area (Å²) < 4.78 is 2.19. The van der Waals surface area contributed by atoms with Crippen LogP contribution >= 0.6 is 11.6 Å². The van der Waals surface area contributed by atoms with Crippen molar-refractivity contribution in [2.75, 3.05) is 0 Å². The lowest BCUT2D eigenvalue weighted by Gasteiger charge is -2.20. The van der Waals surface area contributed by atoms with Gasteiger partial charge in [-0.25, -0.2) is 5.43 Å². The fraction of sp³-hybridized carbons (Fsp3) is 0.250. The Kier molecular flexibility index (Phi) is 5.94. The molecule has 150 valence electrons. The van der Waals surface area contributed by atoms with Gasteiger partial charge in [0.05, 0.1) is 6.21 Å². The fourth-order valence-electron chi connectivity index (χ4n) is 3.28. The molecule has 3 rings (SSSR count). The van der Waals surface area contributed by atoms with Gasteiger partial charge in [-0.3, -0.25) is 4.79 Å². The number of halogens is 1. The van der Waals surface area contributed by atoms with Crippen molar-refractivity contribution in [1.29, 1.82) is 0 Å². The van der Waals surface area contributed by atoms with E-state index >= 15 is 0 Å². The minimum atomic E-state index is -0.296. The molecule has 1 N–H and O–H groups in total. The molecule has 1 amide bonds. The maximum atomic E-state index is 12.2. The van der Waals surface area contributed by atoms with E-state index in [9.17, 15) is 4.79 Å². The van der Waals surface area contributed by atoms with Crippen LogP contribution in [0.2, 0.25) is 5.02 Å². The molecule has 0 spiro atoms. The van der Waals surface area contributed by atoms with Crippen molar-refractivity contribution in [1.82, 2.24) is 9.99 Å². The van der Waals surface area contributed by atoms with Gasteiger partial charge in [-0.2, -0.15) is 5.10 Å². The monoisotopic (exact) mass is 407 g/mol. The Balaban J connectivity index is 1.79. The SMILES string of the molecule is Cc1cc(/C=N\NC(=O)c2cccc(Cl)c2)c(C)n1-c1ccc(C(C)(C)C)cc1. The number of carbonyl (C=O) groups excluding carboxylic acids is 1. The molecule has 5 heteroatoms. The fourth-order valence-corrected chi connectivity index (χ4v) is 3.47. The Morgan fingerprint density at radius 1 is 1.07 bits per heavy atom. The number of hydrazone groups is 1. The van der Waals surface area contributed by atoms with Crippen LogP contribution in [0.15, 0.2) is 59.7 Å². The van der Waals surface area contributed by atoms with Crippen molar-refractivity contribution in [3.05, 3.63) is 87.7 Å². The Morgan fingerprint density at radius 2 is 1.76 bits per heavy atom. The number of aromatic nitrogens is 1. The predicted molar refractivity (Wildman–Crippen MR) is 120 cm³/mol. The first-order valence-electron chi connectivity index (χ1n) is 9.55. The van der Waals surface area contributed by atoms with Gasteiger partial charge in [0.1, 0.15) is 0 Å². The molecule has 0 atom stereocenters. The number of nitrogens with zero attached hydrogens (tertiary/aromatic N) is 2. The van der Waals surface area contributed by atoms with Crippen LogP contribution in [0, 0.1) is 13.8 Å². The van der Waals surface area contributed by atoms with Gasteiger partial charge in [-0.1, -0.05) is 50.6 Å². The largest absolute Gasteiger partial charge is 0.318 e. The van der Waals surface area contributed by atoms with Crippen LogP contribution in [0.1, 0.15) is 53.6 Å². The van der Waals surface area contributed by atoms with Gasteiger partial charge in [0.2, 0.25) is 0 Å². The highest BCUT2D eigenvalue weighted by Crippen LogP contribution is 2.25. The second-order valence-electron chi connectivity index (χ2n) is 8.17. The molecule has 0 aliphatic carbocycles. The molecule has 0 aliphatic heterocycles. The van der Waals surface area contributed by atoms with E-state index in [1.807, 2.05) is 6.92 Å². The van der Waals surface area contributed by atoms with Crippen molar-refractivity contribution >= 4 is 23.7 Å². The van der Waals surface area contributed by atoms with Crippen LogP contribution in [0.5, 0.6) is 0 Å². The zero-order valence-electron chi connectivity index (χ0n) is 17.5. The van der Waals surface area contributed by atoms with E-state index in [1.165, 1.54) is 5.56 Å². The Morgan fingerprint density at radius 3 is 2.38 bits per heavy atom. The normalized spacial score (nSPS) is 11.8. The van der Waals surface area contributed by atoms with Crippen LogP contribution < -0.4 is 5.43 Å². The van der Waals surface area contributed by atoms with Crippen molar-refractivity contribution in [2.24, 2.45) is 5.10 Å². The van der Waals surface area contributed by atoms with Crippen LogP contribution in [0.3, 0.4) is 0 Å². The molecule has 0 saturated heterocycles. The highest BCUT2D eigenvalue weighted by Gasteiger charge is 2.14. The summed E-state index contributed by atoms with van der Waals surface area (Å²) in [5.41, 5.74) is 8.68. The predicted octanol–water partition coefficient (Wildman–Crippen LogP) is 5.81. The van der Waals surface area contributed by atoms with Crippen LogP contribution in [-0.2, 0) is 5.41 Å². The van der Waals surface area contributed by atoms with Crippen molar-refractivity contribution in [3.63, 3.8) is 0 Å². The number of amides is 1. The van der Waals surface area contributed by atoms with E-state index < -0.39 is 0 Å². The molecule has 1 heterocycles. The summed E-state index contributed by atoms with van der Waals surface area (Å²) in [7, 11) is 0. The number of nitrogens with one attached hydrogen (secondary N) is 1. The molecular weight excluding hydrogens is 382 g/mol. The maximum Gasteiger partial charge on any atom is 0.271 e. The summed E-state index contributed by atoms with van der Waals surface area (Å²) in [6.45, 7) is 10.7. The van der Waals surface area contributed by atoms with Crippen LogP contribution in [0.4, 0.5) is 0 Å². The second kappa shape index (κ2) is 8.26. The van der Waals surface area contributed by atoms with E-state index in [2.05, 4.69) is 73.1 Å². The summed E-state index contributed by atoms with van der Waals surface area (Å²) in [6, 6.07) is 17.5. The van der Waals surface area contributed by atoms with E-state index in [-0.39, 0.29) is 11.3 Å². The Labute approximate surface area is 177 Å². The first kappa shape index (κ1) is 20.9. The third kappa shape index (κ3) is 4.77. The van der Waals surface area contributed by atoms with Gasteiger partial charge in [-0.15, -0.1) is 0 Å². The maximum absolute atomic E-state index is 12.2. The number of carbonyl (C=O) groups is 1. The molecule has 0 aliphatic rings. The van der Waals surface area contributed by atoms with Crippen molar-refractivity contribution in [3.8, 4) is 5.69 Å². The minimum absolute atomic E-state index is 0.123. The van der Waals surface area contributed by atoms with Crippen LogP contribution in [0.25, 0.3) is 5.69 Å². The van der Waals surface area contributed by atoms with E-state index in [0.29, 0.717) is 10.6 Å². The minimum Gasteiger partial charge on any atom is -0.318 e. The number of aryl methyl sites for hydroxylation is 1. The number of rotatable bonds is 4. The van der Waals surface area contributed by atoms with Gasteiger partial charge in [0, 0.05) is 33.2 Å². The molecule has 3 aromatic rings. The highest BCUT2D eigenvalue weighted by atomic mass is 35.5. The molecule has 0 radical (unpaired) electrons. The summed E-state index contributed by atoms with van der Waals surface area (Å²) in [5.74, 6) is -0.296. The Bertz CT molecular complexity index is 1060. The van der Waals surface area contributed by atoms with Crippen LogP contribution in [-0.4, -0.2) is 16.7 Å². The van der Waals surface area contributed by atoms with Gasteiger partial charge < -0.3 is 4.57 Å².